The Balaban J connectivity index is 1.71. The fourth-order valence-electron chi connectivity index (χ4n) is 3.46. The van der Waals surface area contributed by atoms with Gasteiger partial charge in [-0.1, -0.05) is 55.0 Å². The van der Waals surface area contributed by atoms with Crippen molar-refractivity contribution in [3.8, 4) is 0 Å². The van der Waals surface area contributed by atoms with Gasteiger partial charge >= 0.3 is 5.97 Å². The lowest BCUT2D eigenvalue weighted by atomic mass is 10.0. The number of hydrogen-bond acceptors (Lipinski definition) is 5. The lowest BCUT2D eigenvalue weighted by molar-refractivity contribution is -0.149. The van der Waals surface area contributed by atoms with E-state index >= 15 is 0 Å². The molecular weight excluding hydrogens is 392 g/mol. The highest BCUT2D eigenvalue weighted by atomic mass is 16.5. The number of aromatic amines is 1. The molecule has 1 aromatic heterocycles. The molecule has 2 atom stereocenters. The average Bonchev–Trinajstić information content (AvgIpc) is 3.20. The van der Waals surface area contributed by atoms with Crippen molar-refractivity contribution >= 4 is 22.8 Å². The second kappa shape index (κ2) is 11.3. The van der Waals surface area contributed by atoms with Crippen LogP contribution in [0.5, 0.6) is 0 Å². The van der Waals surface area contributed by atoms with Crippen LogP contribution < -0.4 is 16.8 Å². The van der Waals surface area contributed by atoms with Gasteiger partial charge in [0, 0.05) is 23.5 Å². The van der Waals surface area contributed by atoms with Crippen molar-refractivity contribution in [1.82, 2.24) is 10.3 Å². The first-order valence-electron chi connectivity index (χ1n) is 10.6. The molecule has 0 aliphatic heterocycles. The quantitative estimate of drug-likeness (QED) is 0.279. The maximum atomic E-state index is 12.9. The van der Waals surface area contributed by atoms with E-state index in [0.29, 0.717) is 19.4 Å². The molecule has 0 saturated heterocycles. The number of carbonyl (C=O) groups excluding carboxylic acids is 2. The van der Waals surface area contributed by atoms with Gasteiger partial charge in [-0.05, 0) is 36.6 Å². The summed E-state index contributed by atoms with van der Waals surface area (Å²) in [5.74, 6) is -0.852. The predicted molar refractivity (Wildman–Crippen MR) is 121 cm³/mol. The Morgan fingerprint density at radius 2 is 1.77 bits per heavy atom. The molecular formula is C24H30N4O3. The molecule has 0 fully saturated rings. The van der Waals surface area contributed by atoms with E-state index in [1.54, 1.807) is 0 Å². The summed E-state index contributed by atoms with van der Waals surface area (Å²) in [5, 5.41) is 3.80. The number of ether oxygens (including phenoxy) is 1. The molecule has 0 bridgehead atoms. The third-order valence-electron chi connectivity index (χ3n) is 5.23. The van der Waals surface area contributed by atoms with E-state index in [2.05, 4.69) is 10.3 Å². The second-order valence-corrected chi connectivity index (χ2v) is 7.61. The van der Waals surface area contributed by atoms with Gasteiger partial charge in [-0.15, -0.1) is 0 Å². The molecule has 0 saturated carbocycles. The van der Waals surface area contributed by atoms with E-state index in [1.165, 1.54) is 0 Å². The highest BCUT2D eigenvalue weighted by molar-refractivity contribution is 5.89. The van der Waals surface area contributed by atoms with Crippen molar-refractivity contribution in [3.05, 3.63) is 71.9 Å². The van der Waals surface area contributed by atoms with Gasteiger partial charge in [0.1, 0.15) is 12.6 Å². The van der Waals surface area contributed by atoms with Crippen molar-refractivity contribution < 1.29 is 14.3 Å². The summed E-state index contributed by atoms with van der Waals surface area (Å²) in [4.78, 5) is 28.7. The van der Waals surface area contributed by atoms with Crippen LogP contribution in [0.3, 0.4) is 0 Å². The number of carbonyl (C=O) groups is 2. The van der Waals surface area contributed by atoms with Gasteiger partial charge in [0.2, 0.25) is 5.91 Å². The summed E-state index contributed by atoms with van der Waals surface area (Å²) in [6.07, 6.45) is 4.24. The van der Waals surface area contributed by atoms with Gasteiger partial charge in [-0.3, -0.25) is 4.79 Å². The monoisotopic (exact) mass is 422 g/mol. The highest BCUT2D eigenvalue weighted by Crippen LogP contribution is 2.19. The number of esters is 1. The van der Waals surface area contributed by atoms with E-state index in [-0.39, 0.29) is 12.5 Å². The Labute approximate surface area is 182 Å². The standard InChI is InChI=1S/C24H30N4O3/c25-13-7-6-11-20(26)23(29)28-22(24(30)31-16-17-8-2-1-3-9-17)14-18-15-27-21-12-5-4-10-19(18)21/h1-5,8-10,12,15,20,22,27H,6-7,11,13-14,16,25-26H2,(H,28,29)/t20-,22+/m0/s1. The van der Waals surface area contributed by atoms with E-state index in [1.807, 2.05) is 60.8 Å². The number of unbranched alkanes of at least 4 members (excludes halogenated alkanes) is 1. The fourth-order valence-corrected chi connectivity index (χ4v) is 3.46. The summed E-state index contributed by atoms with van der Waals surface area (Å²) in [5.41, 5.74) is 14.3. The Morgan fingerprint density at radius 1 is 1.03 bits per heavy atom. The third kappa shape index (κ3) is 6.41. The molecule has 0 spiro atoms. The van der Waals surface area contributed by atoms with Crippen LogP contribution in [0.15, 0.2) is 60.8 Å². The number of benzene rings is 2. The maximum absolute atomic E-state index is 12.9. The first-order chi connectivity index (χ1) is 15.1. The number of amides is 1. The number of rotatable bonds is 11. The van der Waals surface area contributed by atoms with Crippen molar-refractivity contribution in [1.29, 1.82) is 0 Å². The molecule has 31 heavy (non-hydrogen) atoms. The molecule has 0 aliphatic rings. The first kappa shape index (κ1) is 22.5. The van der Waals surface area contributed by atoms with Crippen LogP contribution >= 0.6 is 0 Å². The topological polar surface area (TPSA) is 123 Å². The summed E-state index contributed by atoms with van der Waals surface area (Å²) in [6.45, 7) is 0.700. The Bertz CT molecular complexity index is 987. The zero-order chi connectivity index (χ0) is 22.1. The summed E-state index contributed by atoms with van der Waals surface area (Å²) in [6, 6.07) is 15.7. The van der Waals surface area contributed by atoms with Crippen molar-refractivity contribution in [2.75, 3.05) is 6.54 Å². The van der Waals surface area contributed by atoms with E-state index in [4.69, 9.17) is 16.2 Å². The Morgan fingerprint density at radius 3 is 2.55 bits per heavy atom. The van der Waals surface area contributed by atoms with E-state index in [0.717, 1.165) is 34.9 Å². The summed E-state index contributed by atoms with van der Waals surface area (Å²) < 4.78 is 5.51. The number of para-hydroxylation sites is 1. The second-order valence-electron chi connectivity index (χ2n) is 7.61. The van der Waals surface area contributed by atoms with Crippen molar-refractivity contribution in [3.63, 3.8) is 0 Å². The lowest BCUT2D eigenvalue weighted by Crippen LogP contribution is -2.49. The van der Waals surface area contributed by atoms with Crippen LogP contribution in [0, 0.1) is 0 Å². The van der Waals surface area contributed by atoms with Crippen LogP contribution in [0.1, 0.15) is 30.4 Å². The minimum absolute atomic E-state index is 0.141. The number of H-pyrrole nitrogens is 1. The Kier molecular flexibility index (Phi) is 8.20. The zero-order valence-corrected chi connectivity index (χ0v) is 17.6. The summed E-state index contributed by atoms with van der Waals surface area (Å²) in [7, 11) is 0. The van der Waals surface area contributed by atoms with Crippen LogP contribution in [0.4, 0.5) is 0 Å². The van der Waals surface area contributed by atoms with Crippen LogP contribution in [-0.2, 0) is 27.4 Å². The molecule has 164 valence electrons. The molecule has 3 aromatic rings. The molecule has 0 unspecified atom stereocenters. The SMILES string of the molecule is NCCCC[C@H](N)C(=O)N[C@H](Cc1c[nH]c2ccccc12)C(=O)OCc1ccccc1. The number of hydrogen-bond donors (Lipinski definition) is 4. The zero-order valence-electron chi connectivity index (χ0n) is 17.6. The first-order valence-corrected chi connectivity index (χ1v) is 10.6. The van der Waals surface area contributed by atoms with Gasteiger partial charge in [0.05, 0.1) is 6.04 Å². The number of nitrogens with two attached hydrogens (primary N) is 2. The van der Waals surface area contributed by atoms with Crippen molar-refractivity contribution in [2.24, 2.45) is 11.5 Å². The predicted octanol–water partition coefficient (Wildman–Crippen LogP) is 2.39. The average molecular weight is 423 g/mol. The van der Waals surface area contributed by atoms with Gasteiger partial charge in [-0.2, -0.15) is 0 Å². The van der Waals surface area contributed by atoms with Gasteiger partial charge < -0.3 is 26.5 Å². The van der Waals surface area contributed by atoms with Crippen LogP contribution in [-0.4, -0.2) is 35.5 Å². The number of nitrogens with one attached hydrogen (secondary N) is 2. The molecule has 6 N–H and O–H groups in total. The molecule has 3 rings (SSSR count). The van der Waals surface area contributed by atoms with Crippen LogP contribution in [0.2, 0.25) is 0 Å². The highest BCUT2D eigenvalue weighted by Gasteiger charge is 2.26. The smallest absolute Gasteiger partial charge is 0.329 e. The minimum atomic E-state index is -0.837. The molecule has 1 amide bonds. The number of fused-ring (bicyclic) bond motifs is 1. The largest absolute Gasteiger partial charge is 0.459 e. The Hall–Kier alpha value is -3.16. The lowest BCUT2D eigenvalue weighted by Gasteiger charge is -2.20. The van der Waals surface area contributed by atoms with Gasteiger partial charge in [0.15, 0.2) is 0 Å². The van der Waals surface area contributed by atoms with E-state index < -0.39 is 18.1 Å². The molecule has 7 nitrogen and oxygen atoms in total. The maximum Gasteiger partial charge on any atom is 0.329 e. The molecule has 0 radical (unpaired) electrons. The fraction of sp³-hybridized carbons (Fsp3) is 0.333. The minimum Gasteiger partial charge on any atom is -0.459 e. The molecule has 7 heteroatoms. The van der Waals surface area contributed by atoms with Gasteiger partial charge in [0.25, 0.3) is 0 Å². The molecule has 0 aliphatic carbocycles. The molecule has 2 aromatic carbocycles. The van der Waals surface area contributed by atoms with Crippen molar-refractivity contribution in [2.45, 2.75) is 44.4 Å². The number of aromatic nitrogens is 1. The van der Waals surface area contributed by atoms with Crippen LogP contribution in [0.25, 0.3) is 10.9 Å². The van der Waals surface area contributed by atoms with E-state index in [9.17, 15) is 9.59 Å². The molecule has 1 heterocycles. The third-order valence-corrected chi connectivity index (χ3v) is 5.23. The summed E-state index contributed by atoms with van der Waals surface area (Å²) >= 11 is 0. The normalized spacial score (nSPS) is 13.0. The van der Waals surface area contributed by atoms with Gasteiger partial charge in [-0.25, -0.2) is 4.79 Å².